The molecule has 5 heteroatoms. The van der Waals surface area contributed by atoms with Gasteiger partial charge in [-0.3, -0.25) is 9.89 Å². The van der Waals surface area contributed by atoms with Gasteiger partial charge in [0.25, 0.3) is 5.91 Å². The number of hydrogen-bond acceptors (Lipinski definition) is 3. The SMILES string of the molecule is CC1CN(C(=O)c2ccn[nH]2)CCN1. The molecule has 14 heavy (non-hydrogen) atoms. The van der Waals surface area contributed by atoms with Gasteiger partial charge in [0.1, 0.15) is 5.69 Å². The van der Waals surface area contributed by atoms with E-state index in [1.165, 1.54) is 0 Å². The molecule has 0 spiro atoms. The van der Waals surface area contributed by atoms with Crippen molar-refractivity contribution in [2.24, 2.45) is 0 Å². The molecule has 1 amide bonds. The Balaban J connectivity index is 2.04. The maximum atomic E-state index is 11.8. The van der Waals surface area contributed by atoms with E-state index < -0.39 is 0 Å². The number of piperazine rings is 1. The van der Waals surface area contributed by atoms with Crippen molar-refractivity contribution in [2.75, 3.05) is 19.6 Å². The molecule has 1 saturated heterocycles. The van der Waals surface area contributed by atoms with E-state index in [2.05, 4.69) is 22.4 Å². The summed E-state index contributed by atoms with van der Waals surface area (Å²) in [6.07, 6.45) is 1.60. The first-order valence-corrected chi connectivity index (χ1v) is 4.79. The van der Waals surface area contributed by atoms with Crippen LogP contribution in [0, 0.1) is 0 Å². The number of nitrogens with zero attached hydrogens (tertiary/aromatic N) is 2. The van der Waals surface area contributed by atoms with E-state index in [-0.39, 0.29) is 5.91 Å². The Morgan fingerprint density at radius 1 is 1.71 bits per heavy atom. The molecule has 2 heterocycles. The monoisotopic (exact) mass is 194 g/mol. The Hall–Kier alpha value is -1.36. The summed E-state index contributed by atoms with van der Waals surface area (Å²) < 4.78 is 0. The number of hydrogen-bond donors (Lipinski definition) is 2. The van der Waals surface area contributed by atoms with Gasteiger partial charge < -0.3 is 10.2 Å². The van der Waals surface area contributed by atoms with Crippen molar-refractivity contribution in [1.82, 2.24) is 20.4 Å². The van der Waals surface area contributed by atoms with E-state index in [4.69, 9.17) is 0 Å². The molecule has 1 unspecified atom stereocenters. The Morgan fingerprint density at radius 2 is 2.57 bits per heavy atom. The molecule has 76 valence electrons. The van der Waals surface area contributed by atoms with Crippen LogP contribution in [0.2, 0.25) is 0 Å². The molecule has 2 N–H and O–H groups in total. The fourth-order valence-corrected chi connectivity index (χ4v) is 1.66. The molecule has 0 bridgehead atoms. The summed E-state index contributed by atoms with van der Waals surface area (Å²) in [7, 11) is 0. The molecule has 1 aromatic heterocycles. The van der Waals surface area contributed by atoms with Crippen LogP contribution in [0.5, 0.6) is 0 Å². The van der Waals surface area contributed by atoms with E-state index in [0.717, 1.165) is 19.6 Å². The van der Waals surface area contributed by atoms with Crippen molar-refractivity contribution in [2.45, 2.75) is 13.0 Å². The third-order valence-electron chi connectivity index (χ3n) is 2.39. The van der Waals surface area contributed by atoms with E-state index in [9.17, 15) is 4.79 Å². The first-order chi connectivity index (χ1) is 6.77. The maximum Gasteiger partial charge on any atom is 0.271 e. The van der Waals surface area contributed by atoms with Crippen LogP contribution in [-0.2, 0) is 0 Å². The van der Waals surface area contributed by atoms with Crippen LogP contribution in [-0.4, -0.2) is 46.7 Å². The largest absolute Gasteiger partial charge is 0.335 e. The third-order valence-corrected chi connectivity index (χ3v) is 2.39. The van der Waals surface area contributed by atoms with Gasteiger partial charge in [-0.25, -0.2) is 0 Å². The van der Waals surface area contributed by atoms with Crippen molar-refractivity contribution >= 4 is 5.91 Å². The van der Waals surface area contributed by atoms with Crippen LogP contribution >= 0.6 is 0 Å². The normalized spacial score (nSPS) is 22.4. The molecular formula is C9H14N4O. The van der Waals surface area contributed by atoms with Crippen LogP contribution in [0.25, 0.3) is 0 Å². The molecule has 1 fully saturated rings. The quantitative estimate of drug-likeness (QED) is 0.653. The van der Waals surface area contributed by atoms with Gasteiger partial charge in [0.2, 0.25) is 0 Å². The van der Waals surface area contributed by atoms with Crippen molar-refractivity contribution in [3.05, 3.63) is 18.0 Å². The maximum absolute atomic E-state index is 11.8. The number of nitrogens with one attached hydrogen (secondary N) is 2. The minimum absolute atomic E-state index is 0.0378. The molecule has 1 aromatic rings. The second-order valence-electron chi connectivity index (χ2n) is 3.58. The van der Waals surface area contributed by atoms with Gasteiger partial charge in [0, 0.05) is 31.9 Å². The summed E-state index contributed by atoms with van der Waals surface area (Å²) in [5.41, 5.74) is 0.569. The highest BCUT2D eigenvalue weighted by molar-refractivity contribution is 5.92. The van der Waals surface area contributed by atoms with Gasteiger partial charge >= 0.3 is 0 Å². The average molecular weight is 194 g/mol. The molecule has 0 radical (unpaired) electrons. The molecule has 2 rings (SSSR count). The van der Waals surface area contributed by atoms with E-state index in [1.807, 2.05) is 4.90 Å². The van der Waals surface area contributed by atoms with Crippen LogP contribution in [0.3, 0.4) is 0 Å². The highest BCUT2D eigenvalue weighted by atomic mass is 16.2. The lowest BCUT2D eigenvalue weighted by atomic mass is 10.2. The van der Waals surface area contributed by atoms with Crippen LogP contribution in [0.1, 0.15) is 17.4 Å². The van der Waals surface area contributed by atoms with Crippen LogP contribution < -0.4 is 5.32 Å². The zero-order valence-corrected chi connectivity index (χ0v) is 8.16. The van der Waals surface area contributed by atoms with E-state index >= 15 is 0 Å². The van der Waals surface area contributed by atoms with Gasteiger partial charge in [-0.1, -0.05) is 0 Å². The Kier molecular flexibility index (Phi) is 2.49. The zero-order valence-electron chi connectivity index (χ0n) is 8.16. The first kappa shape index (κ1) is 9.21. The Labute approximate surface area is 82.5 Å². The summed E-state index contributed by atoms with van der Waals surface area (Å²) >= 11 is 0. The number of aromatic nitrogens is 2. The molecule has 0 saturated carbocycles. The highest BCUT2D eigenvalue weighted by Crippen LogP contribution is 2.04. The first-order valence-electron chi connectivity index (χ1n) is 4.79. The fourth-order valence-electron chi connectivity index (χ4n) is 1.66. The Bertz CT molecular complexity index is 309. The molecule has 0 aliphatic carbocycles. The number of carbonyl (C=O) groups excluding carboxylic acids is 1. The lowest BCUT2D eigenvalue weighted by Gasteiger charge is -2.31. The number of carbonyl (C=O) groups is 1. The molecule has 5 nitrogen and oxygen atoms in total. The molecule has 1 aliphatic rings. The summed E-state index contributed by atoms with van der Waals surface area (Å²) in [6.45, 7) is 4.47. The predicted molar refractivity (Wildman–Crippen MR) is 52.0 cm³/mol. The van der Waals surface area contributed by atoms with Gasteiger partial charge in [-0.05, 0) is 13.0 Å². The summed E-state index contributed by atoms with van der Waals surface area (Å²) in [4.78, 5) is 13.7. The summed E-state index contributed by atoms with van der Waals surface area (Å²) in [6, 6.07) is 2.07. The van der Waals surface area contributed by atoms with Crippen LogP contribution in [0.4, 0.5) is 0 Å². The van der Waals surface area contributed by atoms with Gasteiger partial charge in [0.15, 0.2) is 0 Å². The molecule has 1 atom stereocenters. The second kappa shape index (κ2) is 3.79. The topological polar surface area (TPSA) is 61.0 Å². The van der Waals surface area contributed by atoms with Crippen molar-refractivity contribution in [3.63, 3.8) is 0 Å². The van der Waals surface area contributed by atoms with Crippen molar-refractivity contribution in [1.29, 1.82) is 0 Å². The van der Waals surface area contributed by atoms with Crippen molar-refractivity contribution < 1.29 is 4.79 Å². The Morgan fingerprint density at radius 3 is 3.21 bits per heavy atom. The standard InChI is InChI=1S/C9H14N4O/c1-7-6-13(5-4-10-7)9(14)8-2-3-11-12-8/h2-3,7,10H,4-6H2,1H3,(H,11,12). The van der Waals surface area contributed by atoms with Gasteiger partial charge in [0.05, 0.1) is 0 Å². The highest BCUT2D eigenvalue weighted by Gasteiger charge is 2.21. The van der Waals surface area contributed by atoms with Gasteiger partial charge in [-0.15, -0.1) is 0 Å². The number of amides is 1. The molecular weight excluding hydrogens is 180 g/mol. The number of H-pyrrole nitrogens is 1. The third kappa shape index (κ3) is 1.77. The van der Waals surface area contributed by atoms with Crippen molar-refractivity contribution in [3.8, 4) is 0 Å². The minimum Gasteiger partial charge on any atom is -0.335 e. The summed E-state index contributed by atoms with van der Waals surface area (Å²) in [5.74, 6) is 0.0378. The van der Waals surface area contributed by atoms with Gasteiger partial charge in [-0.2, -0.15) is 5.10 Å². The zero-order chi connectivity index (χ0) is 9.97. The van der Waals surface area contributed by atoms with Crippen LogP contribution in [0.15, 0.2) is 12.3 Å². The minimum atomic E-state index is 0.0378. The lowest BCUT2D eigenvalue weighted by Crippen LogP contribution is -2.51. The average Bonchev–Trinajstić information content (AvgIpc) is 2.69. The number of aromatic amines is 1. The summed E-state index contributed by atoms with van der Waals surface area (Å²) in [5, 5.41) is 9.75. The smallest absolute Gasteiger partial charge is 0.271 e. The van der Waals surface area contributed by atoms with E-state index in [0.29, 0.717) is 11.7 Å². The van der Waals surface area contributed by atoms with E-state index in [1.54, 1.807) is 12.3 Å². The number of rotatable bonds is 1. The molecule has 0 aromatic carbocycles. The second-order valence-corrected chi connectivity index (χ2v) is 3.58. The predicted octanol–water partition coefficient (Wildman–Crippen LogP) is -0.156. The lowest BCUT2D eigenvalue weighted by molar-refractivity contribution is 0.0703. The fraction of sp³-hybridized carbons (Fsp3) is 0.556. The molecule has 1 aliphatic heterocycles.